The molecule has 19 heavy (non-hydrogen) atoms. The van der Waals surface area contributed by atoms with Gasteiger partial charge in [0.1, 0.15) is 0 Å². The molecule has 0 radical (unpaired) electrons. The Kier molecular flexibility index (Phi) is 4.82. The molecular weight excluding hydrogens is 240 g/mol. The average Bonchev–Trinajstić information content (AvgIpc) is 2.93. The standard InChI is InChI=1S/C14H26N4O/c1-11-8-18(12(2)10-19-4)14(16-11)15-7-13-5-6-17(3)9-13/h8,12-13H,5-7,9-10H2,1-4H3,(H,15,16). The van der Waals surface area contributed by atoms with Crippen LogP contribution in [-0.4, -0.2) is 54.8 Å². The number of rotatable bonds is 6. The largest absolute Gasteiger partial charge is 0.383 e. The quantitative estimate of drug-likeness (QED) is 0.852. The van der Waals surface area contributed by atoms with E-state index in [1.165, 1.54) is 19.5 Å². The van der Waals surface area contributed by atoms with Crippen LogP contribution < -0.4 is 5.32 Å². The van der Waals surface area contributed by atoms with Crippen LogP contribution in [0.1, 0.15) is 25.1 Å². The number of aryl methyl sites for hydroxylation is 1. The van der Waals surface area contributed by atoms with Crippen molar-refractivity contribution >= 4 is 5.95 Å². The van der Waals surface area contributed by atoms with Crippen LogP contribution in [-0.2, 0) is 4.74 Å². The molecule has 0 aliphatic carbocycles. The normalized spacial score (nSPS) is 21.8. The fraction of sp³-hybridized carbons (Fsp3) is 0.786. The number of aromatic nitrogens is 2. The summed E-state index contributed by atoms with van der Waals surface area (Å²) >= 11 is 0. The predicted octanol–water partition coefficient (Wildman–Crippen LogP) is 1.76. The number of likely N-dealkylation sites (tertiary alicyclic amines) is 1. The Labute approximate surface area is 116 Å². The van der Waals surface area contributed by atoms with E-state index < -0.39 is 0 Å². The van der Waals surface area contributed by atoms with E-state index in [1.54, 1.807) is 7.11 Å². The summed E-state index contributed by atoms with van der Waals surface area (Å²) in [6.45, 7) is 8.28. The minimum absolute atomic E-state index is 0.306. The molecule has 2 rings (SSSR count). The summed E-state index contributed by atoms with van der Waals surface area (Å²) < 4.78 is 7.41. The van der Waals surface area contributed by atoms with Gasteiger partial charge in [0.15, 0.2) is 0 Å². The zero-order valence-electron chi connectivity index (χ0n) is 12.5. The predicted molar refractivity (Wildman–Crippen MR) is 77.6 cm³/mol. The summed E-state index contributed by atoms with van der Waals surface area (Å²) in [7, 11) is 3.92. The van der Waals surface area contributed by atoms with E-state index in [0.29, 0.717) is 12.6 Å². The number of nitrogens with zero attached hydrogens (tertiary/aromatic N) is 3. The molecule has 5 nitrogen and oxygen atoms in total. The second-order valence-corrected chi connectivity index (χ2v) is 5.72. The van der Waals surface area contributed by atoms with E-state index in [9.17, 15) is 0 Å². The highest BCUT2D eigenvalue weighted by Gasteiger charge is 2.20. The van der Waals surface area contributed by atoms with Gasteiger partial charge in [0.2, 0.25) is 5.95 Å². The maximum atomic E-state index is 5.23. The number of anilines is 1. The van der Waals surface area contributed by atoms with Gasteiger partial charge in [-0.2, -0.15) is 0 Å². The van der Waals surface area contributed by atoms with Crippen LogP contribution in [0.25, 0.3) is 0 Å². The van der Waals surface area contributed by atoms with E-state index >= 15 is 0 Å². The van der Waals surface area contributed by atoms with E-state index in [4.69, 9.17) is 4.74 Å². The second kappa shape index (κ2) is 6.39. The zero-order valence-corrected chi connectivity index (χ0v) is 12.5. The van der Waals surface area contributed by atoms with Crippen molar-refractivity contribution in [3.8, 4) is 0 Å². The molecule has 1 aromatic heterocycles. The average molecular weight is 266 g/mol. The van der Waals surface area contributed by atoms with Gasteiger partial charge in [0.25, 0.3) is 0 Å². The van der Waals surface area contributed by atoms with Gasteiger partial charge >= 0.3 is 0 Å². The Balaban J connectivity index is 1.95. The van der Waals surface area contributed by atoms with Gasteiger partial charge in [-0.1, -0.05) is 0 Å². The van der Waals surface area contributed by atoms with Gasteiger partial charge in [-0.15, -0.1) is 0 Å². The fourth-order valence-corrected chi connectivity index (χ4v) is 2.73. The molecule has 1 N–H and O–H groups in total. The number of nitrogens with one attached hydrogen (secondary N) is 1. The van der Waals surface area contributed by atoms with E-state index in [0.717, 1.165) is 24.1 Å². The molecule has 1 aromatic rings. The highest BCUT2D eigenvalue weighted by atomic mass is 16.5. The molecule has 1 fully saturated rings. The van der Waals surface area contributed by atoms with Gasteiger partial charge in [-0.3, -0.25) is 0 Å². The Hall–Kier alpha value is -1.07. The van der Waals surface area contributed by atoms with Crippen LogP contribution in [0, 0.1) is 12.8 Å². The highest BCUT2D eigenvalue weighted by Crippen LogP contribution is 2.19. The van der Waals surface area contributed by atoms with Crippen molar-refractivity contribution in [2.75, 3.05) is 45.7 Å². The lowest BCUT2D eigenvalue weighted by atomic mass is 10.1. The third-order valence-corrected chi connectivity index (χ3v) is 3.77. The Morgan fingerprint density at radius 2 is 2.37 bits per heavy atom. The first-order valence-electron chi connectivity index (χ1n) is 7.07. The van der Waals surface area contributed by atoms with E-state index in [1.807, 2.05) is 6.92 Å². The molecule has 5 heteroatoms. The van der Waals surface area contributed by atoms with Crippen molar-refractivity contribution < 1.29 is 4.74 Å². The SMILES string of the molecule is COCC(C)n1cc(C)nc1NCC1CCN(C)C1. The first-order chi connectivity index (χ1) is 9.10. The van der Waals surface area contributed by atoms with Crippen LogP contribution in [0.2, 0.25) is 0 Å². The fourth-order valence-electron chi connectivity index (χ4n) is 2.73. The summed E-state index contributed by atoms with van der Waals surface area (Å²) in [5.74, 6) is 1.70. The molecule has 0 aromatic carbocycles. The first kappa shape index (κ1) is 14.3. The van der Waals surface area contributed by atoms with Gasteiger partial charge in [-0.05, 0) is 39.8 Å². The van der Waals surface area contributed by atoms with Crippen molar-refractivity contribution in [3.63, 3.8) is 0 Å². The highest BCUT2D eigenvalue weighted by molar-refractivity contribution is 5.29. The maximum Gasteiger partial charge on any atom is 0.203 e. The third kappa shape index (κ3) is 3.70. The molecule has 0 bridgehead atoms. The van der Waals surface area contributed by atoms with Gasteiger partial charge in [0.05, 0.1) is 18.3 Å². The van der Waals surface area contributed by atoms with E-state index in [2.05, 4.69) is 39.9 Å². The number of ether oxygens (including phenoxy) is 1. The summed E-state index contributed by atoms with van der Waals surface area (Å²) in [6.07, 6.45) is 3.36. The van der Waals surface area contributed by atoms with Crippen molar-refractivity contribution in [3.05, 3.63) is 11.9 Å². The Morgan fingerprint density at radius 1 is 1.58 bits per heavy atom. The van der Waals surface area contributed by atoms with Gasteiger partial charge < -0.3 is 19.5 Å². The lowest BCUT2D eigenvalue weighted by molar-refractivity contribution is 0.163. The second-order valence-electron chi connectivity index (χ2n) is 5.72. The molecule has 1 aliphatic rings. The molecule has 0 saturated carbocycles. The van der Waals surface area contributed by atoms with Crippen LogP contribution in [0.15, 0.2) is 6.20 Å². The minimum Gasteiger partial charge on any atom is -0.383 e. The summed E-state index contributed by atoms with van der Waals surface area (Å²) in [4.78, 5) is 6.96. The Bertz CT molecular complexity index is 404. The molecular formula is C14H26N4O. The number of hydrogen-bond acceptors (Lipinski definition) is 4. The van der Waals surface area contributed by atoms with E-state index in [-0.39, 0.29) is 0 Å². The summed E-state index contributed by atoms with van der Waals surface area (Å²) in [5.41, 5.74) is 1.05. The molecule has 2 atom stereocenters. The van der Waals surface area contributed by atoms with Crippen molar-refractivity contribution in [2.45, 2.75) is 26.3 Å². The first-order valence-corrected chi connectivity index (χ1v) is 7.07. The van der Waals surface area contributed by atoms with Crippen molar-refractivity contribution in [1.82, 2.24) is 14.5 Å². The Morgan fingerprint density at radius 3 is 3.00 bits per heavy atom. The molecule has 2 heterocycles. The van der Waals surface area contributed by atoms with Crippen LogP contribution >= 0.6 is 0 Å². The molecule has 1 aliphatic heterocycles. The van der Waals surface area contributed by atoms with Gasteiger partial charge in [-0.25, -0.2) is 4.98 Å². The molecule has 108 valence electrons. The maximum absolute atomic E-state index is 5.23. The number of hydrogen-bond donors (Lipinski definition) is 1. The van der Waals surface area contributed by atoms with Crippen LogP contribution in [0.4, 0.5) is 5.95 Å². The molecule has 0 spiro atoms. The minimum atomic E-state index is 0.306. The lowest BCUT2D eigenvalue weighted by Gasteiger charge is -2.17. The van der Waals surface area contributed by atoms with Crippen LogP contribution in [0.5, 0.6) is 0 Å². The molecule has 1 saturated heterocycles. The number of methoxy groups -OCH3 is 1. The lowest BCUT2D eigenvalue weighted by Crippen LogP contribution is -2.21. The van der Waals surface area contributed by atoms with Crippen LogP contribution in [0.3, 0.4) is 0 Å². The molecule has 2 unspecified atom stereocenters. The topological polar surface area (TPSA) is 42.3 Å². The number of imidazole rings is 1. The monoisotopic (exact) mass is 266 g/mol. The van der Waals surface area contributed by atoms with Crippen molar-refractivity contribution in [1.29, 1.82) is 0 Å². The summed E-state index contributed by atoms with van der Waals surface area (Å²) in [6, 6.07) is 0.306. The van der Waals surface area contributed by atoms with Gasteiger partial charge in [0, 0.05) is 26.4 Å². The zero-order chi connectivity index (χ0) is 13.8. The molecule has 0 amide bonds. The third-order valence-electron chi connectivity index (χ3n) is 3.77. The smallest absolute Gasteiger partial charge is 0.203 e. The van der Waals surface area contributed by atoms with Crippen molar-refractivity contribution in [2.24, 2.45) is 5.92 Å². The summed E-state index contributed by atoms with van der Waals surface area (Å²) in [5, 5.41) is 3.51.